The third kappa shape index (κ3) is 4.22. The zero-order valence-electron chi connectivity index (χ0n) is 15.4. The lowest BCUT2D eigenvalue weighted by Gasteiger charge is -2.17. The third-order valence-electron chi connectivity index (χ3n) is 4.18. The van der Waals surface area contributed by atoms with Crippen molar-refractivity contribution in [3.63, 3.8) is 0 Å². The van der Waals surface area contributed by atoms with Gasteiger partial charge in [-0.3, -0.25) is 4.79 Å². The molecule has 0 unspecified atom stereocenters. The molecule has 0 radical (unpaired) electrons. The average molecular weight is 367 g/mol. The Labute approximate surface area is 156 Å². The minimum absolute atomic E-state index is 0.230. The smallest absolute Gasteiger partial charge is 0.235 e. The van der Waals surface area contributed by atoms with Gasteiger partial charge in [-0.15, -0.1) is 10.2 Å². The number of hydrogen-bond donors (Lipinski definition) is 2. The minimum atomic E-state index is -0.648. The average Bonchev–Trinajstić information content (AvgIpc) is 3.20. The molecule has 2 N–H and O–H groups in total. The van der Waals surface area contributed by atoms with Crippen molar-refractivity contribution in [3.8, 4) is 11.5 Å². The zero-order valence-corrected chi connectivity index (χ0v) is 15.4. The summed E-state index contributed by atoms with van der Waals surface area (Å²) in [7, 11) is 3.14. The molecular formula is C19H21N5O3. The summed E-state index contributed by atoms with van der Waals surface area (Å²) in [4.78, 5) is 13.0. The van der Waals surface area contributed by atoms with Gasteiger partial charge in [-0.25, -0.2) is 0 Å². The van der Waals surface area contributed by atoms with Crippen molar-refractivity contribution in [2.24, 2.45) is 0 Å². The van der Waals surface area contributed by atoms with Crippen LogP contribution in [-0.4, -0.2) is 40.8 Å². The Morgan fingerprint density at radius 1 is 1.19 bits per heavy atom. The van der Waals surface area contributed by atoms with E-state index in [1.807, 2.05) is 43.3 Å². The Hall–Kier alpha value is -3.42. The summed E-state index contributed by atoms with van der Waals surface area (Å²) in [5.41, 5.74) is 2.58. The first-order valence-electron chi connectivity index (χ1n) is 8.43. The zero-order chi connectivity index (χ0) is 19.2. The maximum atomic E-state index is 13.0. The number of aryl methyl sites for hydroxylation is 1. The molecule has 3 aromatic rings. The summed E-state index contributed by atoms with van der Waals surface area (Å²) in [6.07, 6.45) is 0.331. The first-order valence-corrected chi connectivity index (χ1v) is 8.43. The van der Waals surface area contributed by atoms with Gasteiger partial charge in [0.2, 0.25) is 5.91 Å². The predicted octanol–water partition coefficient (Wildman–Crippen LogP) is 2.49. The number of para-hydroxylation sites is 1. The van der Waals surface area contributed by atoms with Crippen LogP contribution in [0, 0.1) is 6.92 Å². The molecule has 140 valence electrons. The number of carbonyl (C=O) groups is 1. The van der Waals surface area contributed by atoms with Crippen molar-refractivity contribution in [1.82, 2.24) is 20.6 Å². The van der Waals surface area contributed by atoms with Crippen molar-refractivity contribution in [2.45, 2.75) is 19.3 Å². The van der Waals surface area contributed by atoms with E-state index in [2.05, 4.69) is 25.9 Å². The molecule has 27 heavy (non-hydrogen) atoms. The molecule has 0 bridgehead atoms. The second-order valence-corrected chi connectivity index (χ2v) is 6.04. The van der Waals surface area contributed by atoms with Crippen LogP contribution in [0.25, 0.3) is 0 Å². The van der Waals surface area contributed by atoms with Gasteiger partial charge in [0.05, 0.1) is 14.2 Å². The molecule has 0 aliphatic rings. The second kappa shape index (κ2) is 8.31. The summed E-state index contributed by atoms with van der Waals surface area (Å²) in [6.45, 7) is 1.97. The highest BCUT2D eigenvalue weighted by Crippen LogP contribution is 2.34. The topological polar surface area (TPSA) is 102 Å². The van der Waals surface area contributed by atoms with Gasteiger partial charge in [0.25, 0.3) is 0 Å². The van der Waals surface area contributed by atoms with Gasteiger partial charge in [-0.2, -0.15) is 5.21 Å². The van der Waals surface area contributed by atoms with Crippen molar-refractivity contribution in [3.05, 3.63) is 59.4 Å². The lowest BCUT2D eigenvalue weighted by Crippen LogP contribution is -2.24. The molecule has 1 amide bonds. The number of hydrogen-bond acceptors (Lipinski definition) is 6. The van der Waals surface area contributed by atoms with Gasteiger partial charge in [-0.05, 0) is 42.7 Å². The van der Waals surface area contributed by atoms with E-state index in [4.69, 9.17) is 9.47 Å². The van der Waals surface area contributed by atoms with Crippen LogP contribution >= 0.6 is 0 Å². The van der Waals surface area contributed by atoms with E-state index in [1.165, 1.54) is 0 Å². The highest BCUT2D eigenvalue weighted by atomic mass is 16.5. The molecule has 0 spiro atoms. The number of amides is 1. The van der Waals surface area contributed by atoms with Crippen molar-refractivity contribution >= 4 is 11.6 Å². The minimum Gasteiger partial charge on any atom is -0.493 e. The molecule has 2 aromatic carbocycles. The SMILES string of the molecule is COc1cccc(C[C@H](C(=O)Nc2cccc(C)c2)c2nn[nH]n2)c1OC. The molecular weight excluding hydrogens is 346 g/mol. The van der Waals surface area contributed by atoms with Crippen LogP contribution < -0.4 is 14.8 Å². The van der Waals surface area contributed by atoms with Crippen LogP contribution in [0.2, 0.25) is 0 Å². The van der Waals surface area contributed by atoms with Crippen molar-refractivity contribution in [1.29, 1.82) is 0 Å². The fourth-order valence-corrected chi connectivity index (χ4v) is 2.90. The number of tetrazole rings is 1. The molecule has 0 saturated carbocycles. The van der Waals surface area contributed by atoms with E-state index < -0.39 is 5.92 Å². The molecule has 8 heteroatoms. The number of carbonyl (C=O) groups excluding carboxylic acids is 1. The van der Waals surface area contributed by atoms with Gasteiger partial charge < -0.3 is 14.8 Å². The Morgan fingerprint density at radius 2 is 2.00 bits per heavy atom. The molecule has 0 aliphatic carbocycles. The van der Waals surface area contributed by atoms with Crippen LogP contribution in [0.4, 0.5) is 5.69 Å². The Kier molecular flexibility index (Phi) is 5.65. The molecule has 1 heterocycles. The molecule has 1 atom stereocenters. The van der Waals surface area contributed by atoms with Crippen LogP contribution in [0.3, 0.4) is 0 Å². The summed E-state index contributed by atoms with van der Waals surface area (Å²) < 4.78 is 10.8. The normalized spacial score (nSPS) is 11.7. The van der Waals surface area contributed by atoms with Gasteiger partial charge in [0.15, 0.2) is 17.3 Å². The summed E-state index contributed by atoms with van der Waals surface area (Å²) >= 11 is 0. The van der Waals surface area contributed by atoms with Gasteiger partial charge in [0.1, 0.15) is 5.92 Å². The Bertz CT molecular complexity index is 911. The van der Waals surface area contributed by atoms with Crippen LogP contribution in [-0.2, 0) is 11.2 Å². The molecule has 8 nitrogen and oxygen atoms in total. The Morgan fingerprint density at radius 3 is 2.67 bits per heavy atom. The van der Waals surface area contributed by atoms with E-state index in [0.717, 1.165) is 11.1 Å². The number of anilines is 1. The number of nitrogens with zero attached hydrogens (tertiary/aromatic N) is 3. The second-order valence-electron chi connectivity index (χ2n) is 6.04. The van der Waals surface area contributed by atoms with E-state index in [1.54, 1.807) is 20.3 Å². The summed E-state index contributed by atoms with van der Waals surface area (Å²) in [6, 6.07) is 13.1. The van der Waals surface area contributed by atoms with Gasteiger partial charge in [-0.1, -0.05) is 29.5 Å². The van der Waals surface area contributed by atoms with Crippen molar-refractivity contribution < 1.29 is 14.3 Å². The monoisotopic (exact) mass is 367 g/mol. The maximum Gasteiger partial charge on any atom is 0.235 e. The largest absolute Gasteiger partial charge is 0.493 e. The summed E-state index contributed by atoms with van der Waals surface area (Å²) in [5, 5.41) is 16.9. The maximum absolute atomic E-state index is 13.0. The summed E-state index contributed by atoms with van der Waals surface area (Å²) in [5.74, 6) is 0.611. The number of benzene rings is 2. The highest BCUT2D eigenvalue weighted by Gasteiger charge is 2.27. The first kappa shape index (κ1) is 18.4. The molecule has 3 rings (SSSR count). The molecule has 0 fully saturated rings. The highest BCUT2D eigenvalue weighted by molar-refractivity contribution is 5.95. The lowest BCUT2D eigenvalue weighted by molar-refractivity contribution is -0.117. The lowest BCUT2D eigenvalue weighted by atomic mass is 9.96. The van der Waals surface area contributed by atoms with Crippen LogP contribution in [0.5, 0.6) is 11.5 Å². The number of nitrogens with one attached hydrogen (secondary N) is 2. The number of H-pyrrole nitrogens is 1. The first-order chi connectivity index (χ1) is 13.1. The molecule has 1 aromatic heterocycles. The third-order valence-corrected chi connectivity index (χ3v) is 4.18. The number of ether oxygens (including phenoxy) is 2. The fourth-order valence-electron chi connectivity index (χ4n) is 2.90. The quantitative estimate of drug-likeness (QED) is 0.665. The van der Waals surface area contributed by atoms with Crippen molar-refractivity contribution in [2.75, 3.05) is 19.5 Å². The number of aromatic amines is 1. The standard InChI is InChI=1S/C19H21N5O3/c1-12-6-4-8-14(10-12)20-19(25)15(18-21-23-24-22-18)11-13-7-5-9-16(26-2)17(13)27-3/h4-10,15H,11H2,1-3H3,(H,20,25)(H,21,22,23,24)/t15-/m0/s1. The number of aromatic nitrogens is 4. The number of rotatable bonds is 7. The predicted molar refractivity (Wildman–Crippen MR) is 100.0 cm³/mol. The van der Waals surface area contributed by atoms with Gasteiger partial charge in [0, 0.05) is 5.69 Å². The van der Waals surface area contributed by atoms with E-state index in [-0.39, 0.29) is 5.91 Å². The van der Waals surface area contributed by atoms with Crippen LogP contribution in [0.15, 0.2) is 42.5 Å². The van der Waals surface area contributed by atoms with E-state index >= 15 is 0 Å². The molecule has 0 aliphatic heterocycles. The Balaban J connectivity index is 1.90. The van der Waals surface area contributed by atoms with Crippen LogP contribution in [0.1, 0.15) is 22.9 Å². The van der Waals surface area contributed by atoms with E-state index in [0.29, 0.717) is 29.4 Å². The van der Waals surface area contributed by atoms with Gasteiger partial charge >= 0.3 is 0 Å². The molecule has 0 saturated heterocycles. The fraction of sp³-hybridized carbons (Fsp3) is 0.263. The number of methoxy groups -OCH3 is 2. The van der Waals surface area contributed by atoms with E-state index in [9.17, 15) is 4.79 Å².